The number of nitrogens with two attached hydrogens (primary N) is 6. The molecule has 21 nitrogen and oxygen atoms in total. The van der Waals surface area contributed by atoms with Crippen LogP contribution in [0.25, 0.3) is 6.08 Å². The van der Waals surface area contributed by atoms with Crippen molar-refractivity contribution in [2.75, 3.05) is 67.2 Å². The molecule has 17 N–H and O–H groups in total. The topological polar surface area (TPSA) is 360 Å². The second kappa shape index (κ2) is 68.5. The largest absolute Gasteiger partial charge is 0.505 e. The van der Waals surface area contributed by atoms with Crippen LogP contribution in [-0.2, 0) is 39.2 Å². The van der Waals surface area contributed by atoms with Gasteiger partial charge >= 0.3 is 0 Å². The summed E-state index contributed by atoms with van der Waals surface area (Å²) >= 11 is 10.5. The van der Waals surface area contributed by atoms with E-state index in [9.17, 15) is 46.1 Å². The van der Waals surface area contributed by atoms with Crippen LogP contribution in [0, 0.1) is 49.8 Å². The quantitative estimate of drug-likeness (QED) is 0.00746. The van der Waals surface area contributed by atoms with Crippen LogP contribution in [0.2, 0.25) is 5.02 Å². The first kappa shape index (κ1) is 120. The molecule has 11 rings (SSSR count). The van der Waals surface area contributed by atoms with Gasteiger partial charge in [0.2, 0.25) is 0 Å². The summed E-state index contributed by atoms with van der Waals surface area (Å²) in [6.07, 6.45) is 8.93. The fourth-order valence-corrected chi connectivity index (χ4v) is 13.3. The number of benzene rings is 10. The molecular formula is C106H134ClF7I2N12O9. The summed E-state index contributed by atoms with van der Waals surface area (Å²) in [5, 5.41) is 45.8. The van der Waals surface area contributed by atoms with Crippen LogP contribution in [0.4, 0.5) is 30.7 Å². The van der Waals surface area contributed by atoms with Gasteiger partial charge in [-0.2, -0.15) is 0 Å². The van der Waals surface area contributed by atoms with E-state index in [1.165, 1.54) is 33.4 Å². The van der Waals surface area contributed by atoms with Gasteiger partial charge in [-0.3, -0.25) is 20.0 Å². The zero-order valence-corrected chi connectivity index (χ0v) is 84.8. The minimum absolute atomic E-state index is 0.0258. The predicted molar refractivity (Wildman–Crippen MR) is 562 cm³/mol. The van der Waals surface area contributed by atoms with E-state index in [1.54, 1.807) is 96.1 Å². The van der Waals surface area contributed by atoms with Gasteiger partial charge in [0.25, 0.3) is 0 Å². The van der Waals surface area contributed by atoms with E-state index in [-0.39, 0.29) is 56.6 Å². The van der Waals surface area contributed by atoms with Crippen LogP contribution in [-0.4, -0.2) is 122 Å². The predicted octanol–water partition coefficient (Wildman–Crippen LogP) is 23.6. The van der Waals surface area contributed by atoms with E-state index < -0.39 is 50.5 Å². The van der Waals surface area contributed by atoms with Crippen molar-refractivity contribution in [3.8, 4) is 40.2 Å². The highest BCUT2D eigenvalue weighted by Gasteiger charge is 2.19. The Labute approximate surface area is 836 Å². The van der Waals surface area contributed by atoms with Crippen molar-refractivity contribution in [2.24, 2.45) is 60.3 Å². The number of aliphatic imine (C=N–C) groups is 4. The molecule has 0 bridgehead atoms. The molecule has 10 aromatic carbocycles. The Morgan fingerprint density at radius 3 is 1.50 bits per heavy atom. The number of hydrogen-bond donors (Lipinski definition) is 11. The van der Waals surface area contributed by atoms with Gasteiger partial charge in [-0.15, -0.1) is 0 Å². The molecule has 31 heteroatoms. The van der Waals surface area contributed by atoms with Gasteiger partial charge in [-0.25, -0.2) is 30.7 Å². The zero-order valence-electron chi connectivity index (χ0n) is 79.7. The molecule has 3 unspecified atom stereocenters. The molecule has 0 saturated carbocycles. The number of nitrogens with one attached hydrogen (secondary N) is 1. The summed E-state index contributed by atoms with van der Waals surface area (Å²) in [6, 6.07) is 63.5. The lowest BCUT2D eigenvalue weighted by atomic mass is 9.99. The van der Waals surface area contributed by atoms with Crippen molar-refractivity contribution in [1.29, 1.82) is 5.41 Å². The molecule has 0 amide bonds. The Kier molecular flexibility index (Phi) is 59.8. The number of rotatable bonds is 37. The van der Waals surface area contributed by atoms with Gasteiger partial charge in [0.15, 0.2) is 11.6 Å². The molecule has 1 aliphatic rings. The van der Waals surface area contributed by atoms with Crippen molar-refractivity contribution in [3.63, 3.8) is 0 Å². The number of allylic oxidation sites excluding steroid dienone is 2. The van der Waals surface area contributed by atoms with E-state index >= 15 is 0 Å². The van der Waals surface area contributed by atoms with Gasteiger partial charge in [0.05, 0.1) is 72.9 Å². The molecule has 0 spiro atoms. The van der Waals surface area contributed by atoms with Crippen molar-refractivity contribution in [3.05, 3.63) is 339 Å². The number of phenolic OH excluding ortho intramolecular Hbond substituents is 1. The van der Waals surface area contributed by atoms with Crippen LogP contribution in [0.3, 0.4) is 0 Å². The molecular weight excluding hydrogens is 2000 g/mol. The van der Waals surface area contributed by atoms with Crippen LogP contribution < -0.4 is 58.1 Å². The average molecular weight is 2130 g/mol. The van der Waals surface area contributed by atoms with Gasteiger partial charge < -0.3 is 88.8 Å². The van der Waals surface area contributed by atoms with Crippen LogP contribution >= 0.6 is 56.8 Å². The Morgan fingerprint density at radius 1 is 0.562 bits per heavy atom. The number of aliphatic hydroxyl groups is 3. The summed E-state index contributed by atoms with van der Waals surface area (Å²) in [5.74, 6) is 5.07. The van der Waals surface area contributed by atoms with Crippen molar-refractivity contribution >= 4 is 91.9 Å². The number of aliphatic hydroxyl groups excluding tert-OH is 3. The van der Waals surface area contributed by atoms with Gasteiger partial charge in [-0.05, 0) is 310 Å². The van der Waals surface area contributed by atoms with Crippen molar-refractivity contribution < 1.29 is 74.8 Å². The lowest BCUT2D eigenvalue weighted by Gasteiger charge is -2.16. The first-order valence-electron chi connectivity index (χ1n) is 44.2. The standard InChI is InChI=1S/C16H18INO2.C13H17ClFNO.C13H18FNO2.C13H16FNO.C12H15FN2O.2C10H13FN2.C10H13FO2.C9H11IN2/c1-18(2)10-12-5-3-4-6-15(12)20-16-8-7-14(17)9-13(16)11-19;1-10(16)3-2-4-11-5-6-13(12(14)9-11)17-8-7-15;1-10(15)2-7-13(16)11-3-5-12(6-4-11)17-9-8-14;1-11(15)3-2-4-12-5-7-13(8-6-12)16-10-9-14;13-7-8-16-10-3-1-9(2-4-10)11-5-6-12(14)15-11;2*1-7-5-9(3-4-10(7)11)6-13-8(2)12;1-6(2)10(13)7-3-4-8(11)9(12)5-7;1-7(11)12-6-8-3-2-4-9(10)5-8/h3-9,19H,10-11H2,1-2H3;5-6,9,16H,2-4,7-8H2,1H3;3-6,13,16H,1-2,7-9,15H2;2,4-8H,1,3,9-10,15H2;1-4,11H,5-8H2,(H2,14,15);2*3-5H,6H2,1-2H3,(H2,12,13);3-6,10,12-13H,1-2H3;2-5H,6H2,1H3,(H2,11,12)/b;;;4-2+;;;;;/i17-4;;;;;;;;10-4. The molecule has 742 valence electrons. The molecule has 1 aliphatic heterocycles. The van der Waals surface area contributed by atoms with E-state index in [0.717, 1.165) is 104 Å². The number of para-hydroxylation sites is 1. The second-order valence-electron chi connectivity index (χ2n) is 31.8. The number of aryl methyl sites for hydroxylation is 3. The van der Waals surface area contributed by atoms with Gasteiger partial charge in [-0.1, -0.05) is 154 Å². The lowest BCUT2D eigenvalue weighted by Crippen LogP contribution is -2.11. The summed E-state index contributed by atoms with van der Waals surface area (Å²) in [7, 11) is 4.06. The maximum absolute atomic E-state index is 12.8. The first-order valence-corrected chi connectivity index (χ1v) is 46.7. The number of aromatic hydroxyl groups is 1. The SMILES string of the molecule is C=C(N)C/C=C/c1ccc(OCCF)cc1.C=C(N)CCC(O)c1ccc(OCCF)cc1.CC(=N)CCCc1ccc(OCCF)c(Cl)c1.CC(C)C(O)c1ccc(F)c(O)c1.CC(N)=NCc1ccc(F)c(C)c1.CC(N)=NCc1ccc(F)c(C)c1.CC(N)=NCc1cccc([123I])c1.CN(C)Cc1ccccc1Oc1ccc([123I])cc1CO.NC1=NC(c2ccc(OCCF)cc2)CC1. The number of alkyl halides is 4. The Balaban J connectivity index is 0.000000398. The molecule has 0 radical (unpaired) electrons. The number of halogens is 10. The highest BCUT2D eigenvalue weighted by atomic mass is 123. The zero-order chi connectivity index (χ0) is 102. The minimum atomic E-state index is -0.667. The fourth-order valence-electron chi connectivity index (χ4n) is 11.9. The third-order valence-electron chi connectivity index (χ3n) is 18.9. The maximum atomic E-state index is 12.8. The third kappa shape index (κ3) is 53.1. The molecule has 0 fully saturated rings. The highest BCUT2D eigenvalue weighted by Crippen LogP contribution is 2.33. The molecule has 0 saturated heterocycles. The molecule has 0 aromatic heterocycles. The smallest absolute Gasteiger partial charge is 0.164 e. The second-order valence-corrected chi connectivity index (χ2v) is 34.7. The van der Waals surface area contributed by atoms with E-state index in [4.69, 9.17) is 80.2 Å². The number of phenols is 1. The monoisotopic (exact) mass is 2130 g/mol. The number of nitrogens with zero attached hydrogens (tertiary/aromatic N) is 5. The lowest BCUT2D eigenvalue weighted by molar-refractivity contribution is 0.126. The van der Waals surface area contributed by atoms with Gasteiger partial charge in [0, 0.05) is 54.8 Å². The Bertz CT molecular complexity index is 5310. The molecule has 3 atom stereocenters. The number of hydrogen-bond acceptors (Lipinski definition) is 18. The molecule has 10 aromatic rings. The summed E-state index contributed by atoms with van der Waals surface area (Å²) in [4.78, 5) is 18.6. The minimum Gasteiger partial charge on any atom is -0.505 e. The van der Waals surface area contributed by atoms with E-state index in [0.29, 0.717) is 124 Å². The highest BCUT2D eigenvalue weighted by molar-refractivity contribution is 14.1. The summed E-state index contributed by atoms with van der Waals surface area (Å²) in [6.45, 7) is 22.3. The van der Waals surface area contributed by atoms with Gasteiger partial charge in [0.1, 0.15) is 99.3 Å². The third-order valence-corrected chi connectivity index (χ3v) is 20.5. The van der Waals surface area contributed by atoms with Crippen molar-refractivity contribution in [1.82, 2.24) is 4.90 Å². The Hall–Kier alpha value is -11.5. The number of ether oxygens (including phenoxy) is 5. The average Bonchev–Trinajstić information content (AvgIpc) is 1.75. The maximum Gasteiger partial charge on any atom is 0.164 e. The summed E-state index contributed by atoms with van der Waals surface area (Å²) < 4.78 is 115. The Morgan fingerprint density at radius 2 is 1.04 bits per heavy atom. The normalized spacial score (nSPS) is 12.4. The van der Waals surface area contributed by atoms with Crippen LogP contribution in [0.15, 0.2) is 263 Å². The van der Waals surface area contributed by atoms with Crippen molar-refractivity contribution in [2.45, 2.75) is 158 Å². The van der Waals surface area contributed by atoms with E-state index in [2.05, 4.69) is 107 Å². The van der Waals surface area contributed by atoms with Crippen LogP contribution in [0.5, 0.6) is 40.2 Å². The molecule has 1 heterocycles. The molecule has 137 heavy (non-hydrogen) atoms. The molecule has 0 aliphatic carbocycles. The van der Waals surface area contributed by atoms with Crippen LogP contribution in [0.1, 0.15) is 171 Å². The fraction of sp³-hybridized carbons (Fsp3) is 0.330. The summed E-state index contributed by atoms with van der Waals surface area (Å²) in [5.41, 5.74) is 45.6. The number of amidine groups is 4. The first-order chi connectivity index (χ1) is 65.3. The van der Waals surface area contributed by atoms with E-state index in [1.807, 2.05) is 143 Å².